The lowest BCUT2D eigenvalue weighted by molar-refractivity contribution is 0.0410. The molecule has 5 heteroatoms. The van der Waals surface area contributed by atoms with Crippen molar-refractivity contribution in [1.29, 1.82) is 0 Å². The van der Waals surface area contributed by atoms with Crippen LogP contribution in [0, 0.1) is 11.8 Å². The van der Waals surface area contributed by atoms with Gasteiger partial charge in [0.05, 0.1) is 12.2 Å². The Hall–Kier alpha value is -2.04. The zero-order valence-electron chi connectivity index (χ0n) is 14.7. The van der Waals surface area contributed by atoms with Crippen molar-refractivity contribution in [3.63, 3.8) is 0 Å². The Kier molecular flexibility index (Phi) is 5.84. The number of anilines is 1. The summed E-state index contributed by atoms with van der Waals surface area (Å²) in [6.45, 7) is 2.58. The summed E-state index contributed by atoms with van der Waals surface area (Å²) in [6, 6.07) is 18.2. The number of nitrogens with zero attached hydrogens (tertiary/aromatic N) is 1. The molecule has 2 fully saturated rings. The Balaban J connectivity index is 0.00000196. The van der Waals surface area contributed by atoms with Crippen LogP contribution in [-0.2, 0) is 11.3 Å². The van der Waals surface area contributed by atoms with E-state index in [1.165, 1.54) is 18.4 Å². The molecule has 1 aliphatic carbocycles. The first-order chi connectivity index (χ1) is 12.2. The molecule has 26 heavy (non-hydrogen) atoms. The van der Waals surface area contributed by atoms with E-state index in [1.807, 2.05) is 12.1 Å². The van der Waals surface area contributed by atoms with Gasteiger partial charge in [0.15, 0.2) is 0 Å². The predicted molar refractivity (Wildman–Crippen MR) is 105 cm³/mol. The summed E-state index contributed by atoms with van der Waals surface area (Å²) in [5.41, 5.74) is 8.17. The highest BCUT2D eigenvalue weighted by Gasteiger charge is 2.47. The number of halogens is 1. The Morgan fingerprint density at radius 2 is 1.81 bits per heavy atom. The fourth-order valence-electron chi connectivity index (χ4n) is 4.42. The van der Waals surface area contributed by atoms with Crippen LogP contribution >= 0.6 is 12.4 Å². The predicted octanol–water partition coefficient (Wildman–Crippen LogP) is 3.76. The van der Waals surface area contributed by atoms with Crippen molar-refractivity contribution >= 4 is 24.1 Å². The van der Waals surface area contributed by atoms with Crippen LogP contribution < -0.4 is 5.73 Å². The van der Waals surface area contributed by atoms with Gasteiger partial charge < -0.3 is 10.5 Å². The van der Waals surface area contributed by atoms with Gasteiger partial charge >= 0.3 is 5.97 Å². The minimum absolute atomic E-state index is 0. The molecule has 2 aromatic rings. The molecule has 1 saturated heterocycles. The lowest BCUT2D eigenvalue weighted by atomic mass is 9.99. The van der Waals surface area contributed by atoms with E-state index >= 15 is 0 Å². The monoisotopic (exact) mass is 372 g/mol. The van der Waals surface area contributed by atoms with E-state index in [0.29, 0.717) is 35.7 Å². The van der Waals surface area contributed by atoms with Gasteiger partial charge in [0.2, 0.25) is 0 Å². The van der Waals surface area contributed by atoms with Crippen molar-refractivity contribution in [3.8, 4) is 0 Å². The van der Waals surface area contributed by atoms with Gasteiger partial charge in [-0.3, -0.25) is 4.90 Å². The van der Waals surface area contributed by atoms with Gasteiger partial charge in [0.25, 0.3) is 0 Å². The molecule has 3 unspecified atom stereocenters. The van der Waals surface area contributed by atoms with Crippen molar-refractivity contribution in [1.82, 2.24) is 4.90 Å². The first-order valence-electron chi connectivity index (χ1n) is 9.02. The maximum atomic E-state index is 12.3. The largest absolute Gasteiger partial charge is 0.462 e. The number of esters is 1. The minimum Gasteiger partial charge on any atom is -0.462 e. The number of carbonyl (C=O) groups is 1. The van der Waals surface area contributed by atoms with E-state index in [1.54, 1.807) is 12.1 Å². The molecule has 2 bridgehead atoms. The Morgan fingerprint density at radius 3 is 2.58 bits per heavy atom. The number of hydrogen-bond donors (Lipinski definition) is 1. The normalized spacial score (nSPS) is 24.2. The molecule has 3 atom stereocenters. The van der Waals surface area contributed by atoms with Gasteiger partial charge in [-0.2, -0.15) is 0 Å². The number of ether oxygens (including phenoxy) is 1. The molecule has 1 aliphatic heterocycles. The summed E-state index contributed by atoms with van der Waals surface area (Å²) < 4.78 is 5.63. The first-order valence-corrected chi connectivity index (χ1v) is 9.02. The highest BCUT2D eigenvalue weighted by molar-refractivity contribution is 5.94. The molecule has 0 amide bonds. The van der Waals surface area contributed by atoms with Crippen molar-refractivity contribution in [2.75, 3.05) is 18.9 Å². The smallest absolute Gasteiger partial charge is 0.340 e. The Bertz CT molecular complexity index is 753. The maximum absolute atomic E-state index is 12.3. The van der Waals surface area contributed by atoms with E-state index in [9.17, 15) is 4.79 Å². The quantitative estimate of drug-likeness (QED) is 0.641. The van der Waals surface area contributed by atoms with Crippen LogP contribution in [0.5, 0.6) is 0 Å². The second-order valence-corrected chi connectivity index (χ2v) is 7.17. The lowest BCUT2D eigenvalue weighted by Gasteiger charge is -2.27. The van der Waals surface area contributed by atoms with E-state index in [4.69, 9.17) is 10.5 Å². The SMILES string of the molecule is Cl.Nc1ccccc1C(=O)OCC1C2CCC1N(Cc1ccccc1)C2. The van der Waals surface area contributed by atoms with Crippen LogP contribution in [0.25, 0.3) is 0 Å². The number of nitrogens with two attached hydrogens (primary N) is 1. The molecule has 0 aromatic heterocycles. The number of hydrogen-bond acceptors (Lipinski definition) is 4. The van der Waals surface area contributed by atoms with Crippen LogP contribution in [0.3, 0.4) is 0 Å². The molecule has 1 heterocycles. The molecular weight excluding hydrogens is 348 g/mol. The average Bonchev–Trinajstić information content (AvgIpc) is 3.17. The number of benzene rings is 2. The number of nitrogen functional groups attached to an aromatic ring is 1. The number of rotatable bonds is 5. The number of likely N-dealkylation sites (tertiary alicyclic amines) is 1. The molecule has 0 radical (unpaired) electrons. The minimum atomic E-state index is -0.306. The maximum Gasteiger partial charge on any atom is 0.340 e. The Morgan fingerprint density at radius 1 is 1.08 bits per heavy atom. The molecule has 4 nitrogen and oxygen atoms in total. The van der Waals surface area contributed by atoms with Gasteiger partial charge in [-0.15, -0.1) is 12.4 Å². The van der Waals surface area contributed by atoms with Crippen LogP contribution in [-0.4, -0.2) is 30.1 Å². The summed E-state index contributed by atoms with van der Waals surface area (Å²) in [7, 11) is 0. The highest BCUT2D eigenvalue weighted by atomic mass is 35.5. The van der Waals surface area contributed by atoms with Gasteiger partial charge in [-0.05, 0) is 36.5 Å². The summed E-state index contributed by atoms with van der Waals surface area (Å²) >= 11 is 0. The van der Waals surface area contributed by atoms with Gasteiger partial charge in [0, 0.05) is 30.7 Å². The van der Waals surface area contributed by atoms with Crippen molar-refractivity contribution < 1.29 is 9.53 Å². The second-order valence-electron chi connectivity index (χ2n) is 7.17. The summed E-state index contributed by atoms with van der Waals surface area (Å²) in [5, 5.41) is 0. The molecule has 0 spiro atoms. The molecule has 4 rings (SSSR count). The summed E-state index contributed by atoms with van der Waals surface area (Å²) in [6.07, 6.45) is 2.44. The Labute approximate surface area is 160 Å². The fourth-order valence-corrected chi connectivity index (χ4v) is 4.42. The van der Waals surface area contributed by atoms with Gasteiger partial charge in [0.1, 0.15) is 0 Å². The van der Waals surface area contributed by atoms with Gasteiger partial charge in [-0.25, -0.2) is 4.79 Å². The van der Waals surface area contributed by atoms with Gasteiger partial charge in [-0.1, -0.05) is 42.5 Å². The van der Waals surface area contributed by atoms with Crippen LogP contribution in [0.15, 0.2) is 54.6 Å². The van der Waals surface area contributed by atoms with Crippen molar-refractivity contribution in [2.45, 2.75) is 25.4 Å². The molecule has 1 saturated carbocycles. The molecule has 138 valence electrons. The van der Waals surface area contributed by atoms with E-state index < -0.39 is 0 Å². The van der Waals surface area contributed by atoms with Crippen molar-refractivity contribution in [2.24, 2.45) is 11.8 Å². The topological polar surface area (TPSA) is 55.6 Å². The number of carbonyl (C=O) groups excluding carboxylic acids is 1. The first kappa shape index (κ1) is 18.7. The standard InChI is InChI=1S/C21H24N2O2.ClH/c22-19-9-5-4-8-17(19)21(24)25-14-18-16-10-11-20(18)23(13-16)12-15-6-2-1-3-7-15;/h1-9,16,18,20H,10-14,22H2;1H. The highest BCUT2D eigenvalue weighted by Crippen LogP contribution is 2.43. The second kappa shape index (κ2) is 8.11. The average molecular weight is 373 g/mol. The molecule has 2 aromatic carbocycles. The zero-order chi connectivity index (χ0) is 17.2. The fraction of sp³-hybridized carbons (Fsp3) is 0.381. The third-order valence-corrected chi connectivity index (χ3v) is 5.69. The molecular formula is C21H25ClN2O2. The van der Waals surface area contributed by atoms with E-state index in [0.717, 1.165) is 13.1 Å². The summed E-state index contributed by atoms with van der Waals surface area (Å²) in [4.78, 5) is 14.9. The van der Waals surface area contributed by atoms with Crippen LogP contribution in [0.1, 0.15) is 28.8 Å². The zero-order valence-corrected chi connectivity index (χ0v) is 15.5. The van der Waals surface area contributed by atoms with E-state index in [-0.39, 0.29) is 18.4 Å². The molecule has 2 N–H and O–H groups in total. The lowest BCUT2D eigenvalue weighted by Crippen LogP contribution is -2.33. The number of fused-ring (bicyclic) bond motifs is 2. The van der Waals surface area contributed by atoms with Crippen LogP contribution in [0.4, 0.5) is 5.69 Å². The third-order valence-electron chi connectivity index (χ3n) is 5.69. The third kappa shape index (κ3) is 3.71. The van der Waals surface area contributed by atoms with E-state index in [2.05, 4.69) is 35.2 Å². The number of para-hydroxylation sites is 1. The summed E-state index contributed by atoms with van der Waals surface area (Å²) in [5.74, 6) is 0.770. The van der Waals surface area contributed by atoms with Crippen molar-refractivity contribution in [3.05, 3.63) is 65.7 Å². The molecule has 2 aliphatic rings. The van der Waals surface area contributed by atoms with Crippen LogP contribution in [0.2, 0.25) is 0 Å². The number of piperidine rings is 1.